The van der Waals surface area contributed by atoms with E-state index in [1.807, 2.05) is 24.3 Å². The van der Waals surface area contributed by atoms with E-state index in [1.54, 1.807) is 7.11 Å². The minimum atomic E-state index is -0.576. The van der Waals surface area contributed by atoms with Crippen LogP contribution in [0.4, 0.5) is 8.78 Å². The standard InChI is InChI=1S/C24H28F2N2O3/c1-30-11-12-31-19-7-4-17(5-8-19)14-28-15-21(20-13-18(25)6-9-22(20)26)24(16-28)10-2-3-23(29)27-24/h4-9,13,21H,2-3,10-12,14-16H2,1H3,(H,27,29)/t21-,24+/m0/s1. The average Bonchev–Trinajstić information content (AvgIpc) is 3.07. The first-order valence-corrected chi connectivity index (χ1v) is 10.7. The monoisotopic (exact) mass is 430 g/mol. The normalized spacial score (nSPS) is 23.8. The Balaban J connectivity index is 1.52. The molecule has 2 aliphatic rings. The second kappa shape index (κ2) is 9.32. The summed E-state index contributed by atoms with van der Waals surface area (Å²) in [6, 6.07) is 11.4. The van der Waals surface area contributed by atoms with Gasteiger partial charge >= 0.3 is 0 Å². The third kappa shape index (κ3) is 4.88. The second-order valence-corrected chi connectivity index (χ2v) is 8.43. The van der Waals surface area contributed by atoms with E-state index in [9.17, 15) is 13.6 Å². The van der Waals surface area contributed by atoms with E-state index < -0.39 is 17.2 Å². The summed E-state index contributed by atoms with van der Waals surface area (Å²) in [5.74, 6) is -0.435. The molecule has 2 aliphatic heterocycles. The molecule has 2 fully saturated rings. The number of nitrogens with zero attached hydrogens (tertiary/aromatic N) is 1. The van der Waals surface area contributed by atoms with Crippen molar-refractivity contribution in [2.24, 2.45) is 0 Å². The zero-order chi connectivity index (χ0) is 21.8. The van der Waals surface area contributed by atoms with Crippen LogP contribution in [0.2, 0.25) is 0 Å². The van der Waals surface area contributed by atoms with E-state index in [1.165, 1.54) is 12.1 Å². The van der Waals surface area contributed by atoms with Crippen LogP contribution in [0.1, 0.15) is 36.3 Å². The quantitative estimate of drug-likeness (QED) is 0.682. The molecule has 0 saturated carbocycles. The Morgan fingerprint density at radius 1 is 1.16 bits per heavy atom. The van der Waals surface area contributed by atoms with Gasteiger partial charge in [0.25, 0.3) is 0 Å². The molecule has 1 amide bonds. The molecule has 1 spiro atoms. The molecule has 0 aliphatic carbocycles. The Hall–Kier alpha value is -2.51. The summed E-state index contributed by atoms with van der Waals surface area (Å²) in [5, 5.41) is 3.14. The molecule has 0 radical (unpaired) electrons. The fraction of sp³-hybridized carbons (Fsp3) is 0.458. The largest absolute Gasteiger partial charge is 0.491 e. The maximum absolute atomic E-state index is 14.7. The minimum Gasteiger partial charge on any atom is -0.491 e. The summed E-state index contributed by atoms with van der Waals surface area (Å²) < 4.78 is 39.2. The first-order valence-electron chi connectivity index (χ1n) is 10.7. The van der Waals surface area contributed by atoms with Gasteiger partial charge in [-0.2, -0.15) is 0 Å². The molecule has 31 heavy (non-hydrogen) atoms. The van der Waals surface area contributed by atoms with Gasteiger partial charge in [-0.15, -0.1) is 0 Å². The number of hydrogen-bond acceptors (Lipinski definition) is 4. The number of halogens is 2. The van der Waals surface area contributed by atoms with Crippen LogP contribution in [0, 0.1) is 11.6 Å². The topological polar surface area (TPSA) is 50.8 Å². The summed E-state index contributed by atoms with van der Waals surface area (Å²) in [4.78, 5) is 14.5. The molecular weight excluding hydrogens is 402 g/mol. The first kappa shape index (κ1) is 21.7. The van der Waals surface area contributed by atoms with E-state index in [0.717, 1.165) is 30.2 Å². The maximum Gasteiger partial charge on any atom is 0.220 e. The molecule has 2 atom stereocenters. The molecular formula is C24H28F2N2O3. The molecule has 1 N–H and O–H groups in total. The SMILES string of the molecule is COCCOc1ccc(CN2C[C@@H](c3cc(F)ccc3F)[C@@]3(CCCC(=O)N3)C2)cc1. The molecule has 4 rings (SSSR count). The van der Waals surface area contributed by atoms with Crippen molar-refractivity contribution in [3.63, 3.8) is 0 Å². The van der Waals surface area contributed by atoms with Crippen molar-refractivity contribution in [3.8, 4) is 5.75 Å². The van der Waals surface area contributed by atoms with Crippen LogP contribution in [-0.4, -0.2) is 49.8 Å². The Labute approximate surface area is 181 Å². The first-order chi connectivity index (χ1) is 15.0. The van der Waals surface area contributed by atoms with Gasteiger partial charge in [0.05, 0.1) is 12.1 Å². The summed E-state index contributed by atoms with van der Waals surface area (Å²) in [5.41, 5.74) is 0.857. The maximum atomic E-state index is 14.7. The van der Waals surface area contributed by atoms with Gasteiger partial charge in [0.2, 0.25) is 5.91 Å². The van der Waals surface area contributed by atoms with Gasteiger partial charge in [-0.3, -0.25) is 9.69 Å². The molecule has 0 aromatic heterocycles. The number of carbonyl (C=O) groups is 1. The van der Waals surface area contributed by atoms with E-state index in [0.29, 0.717) is 44.8 Å². The zero-order valence-corrected chi connectivity index (χ0v) is 17.7. The molecule has 2 aromatic rings. The van der Waals surface area contributed by atoms with Crippen LogP contribution in [0.25, 0.3) is 0 Å². The fourth-order valence-electron chi connectivity index (χ4n) is 4.84. The number of ether oxygens (including phenoxy) is 2. The number of methoxy groups -OCH3 is 1. The molecule has 0 bridgehead atoms. The van der Waals surface area contributed by atoms with Crippen LogP contribution < -0.4 is 10.1 Å². The number of amides is 1. The third-order valence-corrected chi connectivity index (χ3v) is 6.25. The van der Waals surface area contributed by atoms with Crippen molar-refractivity contribution in [3.05, 3.63) is 65.2 Å². The summed E-state index contributed by atoms with van der Waals surface area (Å²) in [6.45, 7) is 2.83. The van der Waals surface area contributed by atoms with Crippen LogP contribution in [0.3, 0.4) is 0 Å². The van der Waals surface area contributed by atoms with Crippen LogP contribution in [0.15, 0.2) is 42.5 Å². The number of nitrogens with one attached hydrogen (secondary N) is 1. The summed E-state index contributed by atoms with van der Waals surface area (Å²) >= 11 is 0. The smallest absolute Gasteiger partial charge is 0.220 e. The highest BCUT2D eigenvalue weighted by Gasteiger charge is 2.50. The van der Waals surface area contributed by atoms with Gasteiger partial charge in [-0.25, -0.2) is 8.78 Å². The number of carbonyl (C=O) groups excluding carboxylic acids is 1. The van der Waals surface area contributed by atoms with E-state index in [2.05, 4.69) is 10.2 Å². The highest BCUT2D eigenvalue weighted by Crippen LogP contribution is 2.42. The van der Waals surface area contributed by atoms with Crippen LogP contribution in [0.5, 0.6) is 5.75 Å². The van der Waals surface area contributed by atoms with Gasteiger partial charge in [-0.1, -0.05) is 12.1 Å². The van der Waals surface area contributed by atoms with E-state index in [4.69, 9.17) is 9.47 Å². The van der Waals surface area contributed by atoms with Crippen LogP contribution >= 0.6 is 0 Å². The third-order valence-electron chi connectivity index (χ3n) is 6.25. The Morgan fingerprint density at radius 3 is 2.71 bits per heavy atom. The number of rotatable bonds is 7. The van der Waals surface area contributed by atoms with E-state index >= 15 is 0 Å². The van der Waals surface area contributed by atoms with Gasteiger partial charge < -0.3 is 14.8 Å². The number of benzene rings is 2. The van der Waals surface area contributed by atoms with Gasteiger partial charge in [0.1, 0.15) is 24.0 Å². The predicted molar refractivity (Wildman–Crippen MR) is 113 cm³/mol. The predicted octanol–water partition coefficient (Wildman–Crippen LogP) is 3.63. The lowest BCUT2D eigenvalue weighted by molar-refractivity contribution is -0.125. The van der Waals surface area contributed by atoms with Gasteiger partial charge in [0, 0.05) is 39.1 Å². The molecule has 0 unspecified atom stereocenters. The summed E-state index contributed by atoms with van der Waals surface area (Å²) in [7, 11) is 1.63. The Morgan fingerprint density at radius 2 is 1.97 bits per heavy atom. The van der Waals surface area contributed by atoms with Crippen molar-refractivity contribution >= 4 is 5.91 Å². The van der Waals surface area contributed by atoms with Crippen LogP contribution in [-0.2, 0) is 16.1 Å². The molecule has 2 saturated heterocycles. The van der Waals surface area contributed by atoms with Crippen molar-refractivity contribution in [1.29, 1.82) is 0 Å². The Kier molecular flexibility index (Phi) is 6.53. The number of hydrogen-bond donors (Lipinski definition) is 1. The van der Waals surface area contributed by atoms with Crippen molar-refractivity contribution in [2.75, 3.05) is 33.4 Å². The van der Waals surface area contributed by atoms with Gasteiger partial charge in [0.15, 0.2) is 0 Å². The Bertz CT molecular complexity index is 922. The summed E-state index contributed by atoms with van der Waals surface area (Å²) in [6.07, 6.45) is 1.98. The highest BCUT2D eigenvalue weighted by molar-refractivity contribution is 5.78. The minimum absolute atomic E-state index is 0.0209. The van der Waals surface area contributed by atoms with Gasteiger partial charge in [-0.05, 0) is 54.3 Å². The average molecular weight is 430 g/mol. The molecule has 5 nitrogen and oxygen atoms in total. The second-order valence-electron chi connectivity index (χ2n) is 8.43. The van der Waals surface area contributed by atoms with Crippen molar-refractivity contribution < 1.29 is 23.0 Å². The fourth-order valence-corrected chi connectivity index (χ4v) is 4.84. The molecule has 7 heteroatoms. The number of piperidine rings is 1. The molecule has 2 heterocycles. The van der Waals surface area contributed by atoms with Crippen molar-refractivity contribution in [2.45, 2.75) is 37.3 Å². The lowest BCUT2D eigenvalue weighted by Gasteiger charge is -2.39. The lowest BCUT2D eigenvalue weighted by Crippen LogP contribution is -2.56. The van der Waals surface area contributed by atoms with Crippen molar-refractivity contribution in [1.82, 2.24) is 10.2 Å². The molecule has 166 valence electrons. The highest BCUT2D eigenvalue weighted by atomic mass is 19.1. The lowest BCUT2D eigenvalue weighted by atomic mass is 9.76. The molecule has 2 aromatic carbocycles. The number of likely N-dealkylation sites (tertiary alicyclic amines) is 1. The van der Waals surface area contributed by atoms with E-state index in [-0.39, 0.29) is 11.8 Å². The zero-order valence-electron chi connectivity index (χ0n) is 17.7.